The molecule has 1 saturated carbocycles. The van der Waals surface area contributed by atoms with Crippen LogP contribution in [0.15, 0.2) is 53.0 Å². The number of ether oxygens (including phenoxy) is 1. The zero-order valence-electron chi connectivity index (χ0n) is 15.8. The lowest BCUT2D eigenvalue weighted by Gasteiger charge is -2.40. The molecule has 1 aliphatic carbocycles. The van der Waals surface area contributed by atoms with Crippen LogP contribution in [0.5, 0.6) is 5.75 Å². The SMILES string of the molecule is CCOc1cc([N+]2(C)CCC([C@@H]3C[C@H]3c3ccccc3)CC2)ccc1Br. The molecule has 0 amide bonds. The van der Waals surface area contributed by atoms with Crippen LogP contribution in [0, 0.1) is 11.8 Å². The molecule has 1 aliphatic heterocycles. The van der Waals surface area contributed by atoms with Gasteiger partial charge < -0.3 is 4.74 Å². The minimum Gasteiger partial charge on any atom is -0.492 e. The summed E-state index contributed by atoms with van der Waals surface area (Å²) < 4.78 is 7.87. The second-order valence-corrected chi connectivity index (χ2v) is 9.00. The number of rotatable bonds is 5. The van der Waals surface area contributed by atoms with Gasteiger partial charge in [0.05, 0.1) is 31.2 Å². The van der Waals surface area contributed by atoms with Gasteiger partial charge in [-0.3, -0.25) is 4.48 Å². The van der Waals surface area contributed by atoms with Crippen LogP contribution in [0.1, 0.15) is 37.7 Å². The zero-order chi connectivity index (χ0) is 18.1. The van der Waals surface area contributed by atoms with Crippen LogP contribution in [0.25, 0.3) is 0 Å². The third kappa shape index (κ3) is 3.57. The van der Waals surface area contributed by atoms with Gasteiger partial charge in [0, 0.05) is 25.0 Å². The average Bonchev–Trinajstić information content (AvgIpc) is 3.46. The molecule has 26 heavy (non-hydrogen) atoms. The Kier molecular flexibility index (Phi) is 5.11. The Morgan fingerprint density at radius 2 is 1.81 bits per heavy atom. The van der Waals surface area contributed by atoms with Crippen molar-refractivity contribution >= 4 is 21.6 Å². The predicted molar refractivity (Wildman–Crippen MR) is 113 cm³/mol. The molecular formula is C23H29BrNO+. The van der Waals surface area contributed by atoms with Crippen molar-refractivity contribution in [1.82, 2.24) is 4.48 Å². The lowest BCUT2D eigenvalue weighted by atomic mass is 9.88. The van der Waals surface area contributed by atoms with Gasteiger partial charge >= 0.3 is 0 Å². The van der Waals surface area contributed by atoms with E-state index in [4.69, 9.17) is 4.74 Å². The lowest BCUT2D eigenvalue weighted by Crippen LogP contribution is -2.51. The van der Waals surface area contributed by atoms with Crippen molar-refractivity contribution < 1.29 is 4.74 Å². The topological polar surface area (TPSA) is 9.23 Å². The number of piperidine rings is 1. The van der Waals surface area contributed by atoms with Crippen LogP contribution in [0.3, 0.4) is 0 Å². The fourth-order valence-electron chi connectivity index (χ4n) is 4.76. The number of likely N-dealkylation sites (tertiary alicyclic amines) is 1. The normalized spacial score (nSPS) is 30.8. The highest BCUT2D eigenvalue weighted by Gasteiger charge is 2.46. The molecule has 1 saturated heterocycles. The minimum atomic E-state index is 0.705. The van der Waals surface area contributed by atoms with Gasteiger partial charge in [-0.25, -0.2) is 0 Å². The van der Waals surface area contributed by atoms with Gasteiger partial charge in [-0.05, 0) is 58.7 Å². The van der Waals surface area contributed by atoms with Crippen molar-refractivity contribution in [3.63, 3.8) is 0 Å². The van der Waals surface area contributed by atoms with Gasteiger partial charge in [0.15, 0.2) is 0 Å². The molecule has 2 atom stereocenters. The Morgan fingerprint density at radius 1 is 1.08 bits per heavy atom. The molecule has 0 unspecified atom stereocenters. The van der Waals surface area contributed by atoms with Crippen molar-refractivity contribution in [1.29, 1.82) is 0 Å². The molecule has 2 fully saturated rings. The van der Waals surface area contributed by atoms with E-state index in [0.29, 0.717) is 6.61 Å². The summed E-state index contributed by atoms with van der Waals surface area (Å²) in [7, 11) is 2.39. The summed E-state index contributed by atoms with van der Waals surface area (Å²) >= 11 is 3.61. The zero-order valence-corrected chi connectivity index (χ0v) is 17.4. The first-order valence-electron chi connectivity index (χ1n) is 9.93. The summed E-state index contributed by atoms with van der Waals surface area (Å²) in [4.78, 5) is 0. The smallest absolute Gasteiger partial charge is 0.139 e. The van der Waals surface area contributed by atoms with Crippen molar-refractivity contribution in [2.75, 3.05) is 26.7 Å². The Bertz CT molecular complexity index is 752. The van der Waals surface area contributed by atoms with E-state index in [0.717, 1.165) is 32.5 Å². The fourth-order valence-corrected chi connectivity index (χ4v) is 5.12. The van der Waals surface area contributed by atoms with Gasteiger partial charge in [0.1, 0.15) is 11.4 Å². The molecule has 1 heterocycles. The summed E-state index contributed by atoms with van der Waals surface area (Å²) in [6.07, 6.45) is 4.07. The summed E-state index contributed by atoms with van der Waals surface area (Å²) in [5.41, 5.74) is 2.93. The summed E-state index contributed by atoms with van der Waals surface area (Å²) in [6.45, 7) is 5.21. The first kappa shape index (κ1) is 18.1. The largest absolute Gasteiger partial charge is 0.492 e. The number of benzene rings is 2. The number of nitrogens with zero attached hydrogens (tertiary/aromatic N) is 1. The van der Waals surface area contributed by atoms with Crippen molar-refractivity contribution in [2.45, 2.75) is 32.1 Å². The maximum absolute atomic E-state index is 5.79. The van der Waals surface area contributed by atoms with Crippen molar-refractivity contribution in [3.8, 4) is 5.75 Å². The van der Waals surface area contributed by atoms with Gasteiger partial charge in [-0.2, -0.15) is 0 Å². The van der Waals surface area contributed by atoms with E-state index in [9.17, 15) is 0 Å². The minimum absolute atomic E-state index is 0.705. The van der Waals surface area contributed by atoms with Gasteiger partial charge in [0.2, 0.25) is 0 Å². The quantitative estimate of drug-likeness (QED) is 0.545. The first-order chi connectivity index (χ1) is 12.6. The molecule has 0 aromatic heterocycles. The Morgan fingerprint density at radius 3 is 2.50 bits per heavy atom. The molecule has 2 nitrogen and oxygen atoms in total. The Labute approximate surface area is 165 Å². The Hall–Kier alpha value is -1.32. The van der Waals surface area contributed by atoms with Crippen molar-refractivity contribution in [2.24, 2.45) is 11.8 Å². The van der Waals surface area contributed by atoms with Crippen LogP contribution in [-0.2, 0) is 0 Å². The Balaban J connectivity index is 1.41. The summed E-state index contributed by atoms with van der Waals surface area (Å²) in [5.74, 6) is 3.59. The van der Waals surface area contributed by atoms with E-state index in [1.807, 2.05) is 6.92 Å². The van der Waals surface area contributed by atoms with E-state index >= 15 is 0 Å². The van der Waals surface area contributed by atoms with E-state index in [1.54, 1.807) is 5.56 Å². The molecule has 0 N–H and O–H groups in total. The molecular weight excluding hydrogens is 386 g/mol. The van der Waals surface area contributed by atoms with E-state index in [-0.39, 0.29) is 0 Å². The third-order valence-electron chi connectivity index (χ3n) is 6.50. The van der Waals surface area contributed by atoms with Crippen LogP contribution >= 0.6 is 15.9 Å². The molecule has 3 heteroatoms. The highest BCUT2D eigenvalue weighted by Crippen LogP contribution is 2.54. The molecule has 2 aromatic rings. The van der Waals surface area contributed by atoms with E-state index in [2.05, 4.69) is 71.5 Å². The van der Waals surface area contributed by atoms with E-state index in [1.165, 1.54) is 38.0 Å². The third-order valence-corrected chi connectivity index (χ3v) is 7.15. The monoisotopic (exact) mass is 414 g/mol. The first-order valence-corrected chi connectivity index (χ1v) is 10.7. The molecule has 2 aliphatic rings. The van der Waals surface area contributed by atoms with Crippen LogP contribution < -0.4 is 9.22 Å². The predicted octanol–water partition coefficient (Wildman–Crippen LogP) is 6.00. The van der Waals surface area contributed by atoms with Crippen LogP contribution in [0.2, 0.25) is 0 Å². The second kappa shape index (κ2) is 7.36. The summed E-state index contributed by atoms with van der Waals surface area (Å²) in [6, 6.07) is 17.7. The number of hydrogen-bond donors (Lipinski definition) is 0. The molecule has 2 aromatic carbocycles. The maximum atomic E-state index is 5.79. The summed E-state index contributed by atoms with van der Waals surface area (Å²) in [5, 5.41) is 0. The fraction of sp³-hybridized carbons (Fsp3) is 0.478. The lowest BCUT2D eigenvalue weighted by molar-refractivity contribution is 0.202. The average molecular weight is 415 g/mol. The highest BCUT2D eigenvalue weighted by molar-refractivity contribution is 9.10. The van der Waals surface area contributed by atoms with E-state index < -0.39 is 0 Å². The van der Waals surface area contributed by atoms with Gasteiger partial charge in [0.25, 0.3) is 0 Å². The molecule has 0 bridgehead atoms. The molecule has 4 rings (SSSR count). The number of hydrogen-bond acceptors (Lipinski definition) is 1. The standard InChI is InChI=1S/C23H29BrNO/c1-3-26-23-15-19(9-10-22(23)24)25(2)13-11-18(12-14-25)21-16-20(21)17-7-5-4-6-8-17/h4-10,15,18,20-21H,3,11-14,16H2,1-2H3/q+1/t18?,20-,21-,25?/m0/s1. The molecule has 0 spiro atoms. The maximum Gasteiger partial charge on any atom is 0.139 e. The van der Waals surface area contributed by atoms with Gasteiger partial charge in [-0.15, -0.1) is 0 Å². The van der Waals surface area contributed by atoms with Crippen molar-refractivity contribution in [3.05, 3.63) is 58.6 Å². The number of quaternary nitrogens is 1. The van der Waals surface area contributed by atoms with Gasteiger partial charge in [-0.1, -0.05) is 30.3 Å². The highest BCUT2D eigenvalue weighted by atomic mass is 79.9. The number of halogens is 1. The van der Waals surface area contributed by atoms with Crippen LogP contribution in [0.4, 0.5) is 5.69 Å². The molecule has 138 valence electrons. The molecule has 0 radical (unpaired) electrons. The second-order valence-electron chi connectivity index (χ2n) is 8.15. The van der Waals surface area contributed by atoms with Crippen LogP contribution in [-0.4, -0.2) is 26.7 Å².